The summed E-state index contributed by atoms with van der Waals surface area (Å²) in [5, 5.41) is 3.78. The van der Waals surface area contributed by atoms with E-state index in [1.54, 1.807) is 38.5 Å². The van der Waals surface area contributed by atoms with E-state index >= 15 is 0 Å². The third-order valence-corrected chi connectivity index (χ3v) is 3.78. The molecule has 0 spiro atoms. The van der Waals surface area contributed by atoms with Crippen LogP contribution < -0.4 is 20.5 Å². The van der Waals surface area contributed by atoms with Crippen LogP contribution in [0.3, 0.4) is 0 Å². The average molecular weight is 357 g/mol. The number of nitrogens with two attached hydrogens (primary N) is 1. The second-order valence-electron chi connectivity index (χ2n) is 5.19. The van der Waals surface area contributed by atoms with Gasteiger partial charge in [-0.15, -0.1) is 0 Å². The normalized spacial score (nSPS) is 10.4. The van der Waals surface area contributed by atoms with Crippen molar-refractivity contribution in [1.82, 2.24) is 9.97 Å². The van der Waals surface area contributed by atoms with Crippen molar-refractivity contribution in [2.24, 2.45) is 0 Å². The molecule has 6 nitrogen and oxygen atoms in total. The number of nitrogens with zero attached hydrogens (tertiary/aromatic N) is 2. The molecule has 3 N–H and O–H groups in total. The summed E-state index contributed by atoms with van der Waals surface area (Å²) in [4.78, 5) is 8.52. The van der Waals surface area contributed by atoms with E-state index in [0.717, 1.165) is 17.0 Å². The van der Waals surface area contributed by atoms with Crippen molar-refractivity contribution in [1.29, 1.82) is 0 Å². The number of benzene rings is 2. The van der Waals surface area contributed by atoms with Crippen molar-refractivity contribution in [2.45, 2.75) is 0 Å². The summed E-state index contributed by atoms with van der Waals surface area (Å²) in [6.07, 6.45) is 0. The molecule has 3 aromatic rings. The quantitative estimate of drug-likeness (QED) is 0.715. The molecule has 0 saturated heterocycles. The summed E-state index contributed by atoms with van der Waals surface area (Å²) in [6.45, 7) is 0. The first-order chi connectivity index (χ1) is 12.1. The average Bonchev–Trinajstić information content (AvgIpc) is 2.62. The van der Waals surface area contributed by atoms with Gasteiger partial charge in [-0.2, -0.15) is 4.98 Å². The van der Waals surface area contributed by atoms with Gasteiger partial charge in [0, 0.05) is 22.3 Å². The zero-order valence-corrected chi connectivity index (χ0v) is 14.5. The summed E-state index contributed by atoms with van der Waals surface area (Å²) in [6, 6.07) is 14.6. The molecule has 3 rings (SSSR count). The first-order valence-corrected chi connectivity index (χ1v) is 7.86. The van der Waals surface area contributed by atoms with E-state index in [-0.39, 0.29) is 5.95 Å². The molecule has 1 heterocycles. The molecule has 0 aliphatic heterocycles. The minimum absolute atomic E-state index is 0.149. The van der Waals surface area contributed by atoms with Gasteiger partial charge in [-0.25, -0.2) is 4.98 Å². The van der Waals surface area contributed by atoms with Crippen LogP contribution in [-0.2, 0) is 0 Å². The maximum absolute atomic E-state index is 6.10. The Morgan fingerprint density at radius 1 is 0.960 bits per heavy atom. The Kier molecular flexibility index (Phi) is 4.90. The zero-order valence-electron chi connectivity index (χ0n) is 13.8. The van der Waals surface area contributed by atoms with E-state index < -0.39 is 0 Å². The van der Waals surface area contributed by atoms with Gasteiger partial charge in [-0.1, -0.05) is 11.6 Å². The molecule has 2 aromatic carbocycles. The lowest BCUT2D eigenvalue weighted by molar-refractivity contribution is 0.415. The van der Waals surface area contributed by atoms with Crippen molar-refractivity contribution in [3.05, 3.63) is 53.6 Å². The van der Waals surface area contributed by atoms with Crippen LogP contribution in [0.2, 0.25) is 5.02 Å². The van der Waals surface area contributed by atoms with Crippen LogP contribution in [0.5, 0.6) is 11.5 Å². The van der Waals surface area contributed by atoms with Gasteiger partial charge in [0.1, 0.15) is 17.3 Å². The van der Waals surface area contributed by atoms with Gasteiger partial charge >= 0.3 is 0 Å². The van der Waals surface area contributed by atoms with Gasteiger partial charge in [-0.05, 0) is 42.5 Å². The molecule has 1 aromatic heterocycles. The van der Waals surface area contributed by atoms with Gasteiger partial charge in [0.2, 0.25) is 5.95 Å². The van der Waals surface area contributed by atoms with E-state index in [4.69, 9.17) is 26.8 Å². The van der Waals surface area contributed by atoms with Crippen LogP contribution in [0.25, 0.3) is 11.3 Å². The molecular formula is C18H17ClN4O2. The molecule has 0 saturated carbocycles. The number of nitrogen functional groups attached to an aromatic ring is 1. The van der Waals surface area contributed by atoms with Gasteiger partial charge < -0.3 is 20.5 Å². The Balaban J connectivity index is 1.96. The number of ether oxygens (including phenoxy) is 2. The summed E-state index contributed by atoms with van der Waals surface area (Å²) < 4.78 is 10.5. The highest BCUT2D eigenvalue weighted by Gasteiger charge is 2.11. The predicted molar refractivity (Wildman–Crippen MR) is 99.7 cm³/mol. The Bertz CT molecular complexity index is 885. The van der Waals surface area contributed by atoms with Gasteiger partial charge in [0.15, 0.2) is 0 Å². The standard InChI is InChI=1S/C18H17ClN4O2/c1-24-13-6-4-12(5-7-13)21-17-10-15(22-18(20)23-17)14-9-11(19)3-8-16(14)25-2/h3-10H,1-2H3,(H3,20,21,22,23). The van der Waals surface area contributed by atoms with Crippen molar-refractivity contribution < 1.29 is 9.47 Å². The van der Waals surface area contributed by atoms with E-state index in [9.17, 15) is 0 Å². The van der Waals surface area contributed by atoms with Crippen LogP contribution >= 0.6 is 11.6 Å². The Morgan fingerprint density at radius 3 is 2.40 bits per heavy atom. The van der Waals surface area contributed by atoms with E-state index in [1.165, 1.54) is 0 Å². The van der Waals surface area contributed by atoms with Crippen molar-refractivity contribution in [3.8, 4) is 22.8 Å². The molecule has 0 radical (unpaired) electrons. The zero-order chi connectivity index (χ0) is 17.8. The molecule has 7 heteroatoms. The van der Waals surface area contributed by atoms with Crippen molar-refractivity contribution in [3.63, 3.8) is 0 Å². The van der Waals surface area contributed by atoms with Crippen LogP contribution in [0.4, 0.5) is 17.5 Å². The number of nitrogens with one attached hydrogen (secondary N) is 1. The molecule has 0 fully saturated rings. The fourth-order valence-electron chi connectivity index (χ4n) is 2.37. The predicted octanol–water partition coefficient (Wildman–Crippen LogP) is 4.14. The van der Waals surface area contributed by atoms with Gasteiger partial charge in [0.05, 0.1) is 19.9 Å². The summed E-state index contributed by atoms with van der Waals surface area (Å²) >= 11 is 6.10. The lowest BCUT2D eigenvalue weighted by atomic mass is 10.1. The van der Waals surface area contributed by atoms with E-state index in [0.29, 0.717) is 22.3 Å². The minimum Gasteiger partial charge on any atom is -0.497 e. The summed E-state index contributed by atoms with van der Waals surface area (Å²) in [5.74, 6) is 2.14. The highest BCUT2D eigenvalue weighted by atomic mass is 35.5. The first-order valence-electron chi connectivity index (χ1n) is 7.48. The molecule has 0 atom stereocenters. The first kappa shape index (κ1) is 16.9. The SMILES string of the molecule is COc1ccc(Nc2cc(-c3cc(Cl)ccc3OC)nc(N)n2)cc1. The number of anilines is 3. The maximum atomic E-state index is 6.10. The molecule has 128 valence electrons. The molecular weight excluding hydrogens is 340 g/mol. The monoisotopic (exact) mass is 356 g/mol. The van der Waals surface area contributed by atoms with Gasteiger partial charge in [0.25, 0.3) is 0 Å². The van der Waals surface area contributed by atoms with Crippen LogP contribution in [-0.4, -0.2) is 24.2 Å². The van der Waals surface area contributed by atoms with Crippen molar-refractivity contribution >= 4 is 29.1 Å². The lowest BCUT2D eigenvalue weighted by Gasteiger charge is -2.11. The number of methoxy groups -OCH3 is 2. The third kappa shape index (κ3) is 3.92. The summed E-state index contributed by atoms with van der Waals surface area (Å²) in [7, 11) is 3.21. The maximum Gasteiger partial charge on any atom is 0.222 e. The highest BCUT2D eigenvalue weighted by Crippen LogP contribution is 2.33. The largest absolute Gasteiger partial charge is 0.497 e. The second-order valence-corrected chi connectivity index (χ2v) is 5.63. The number of hydrogen-bond donors (Lipinski definition) is 2. The Labute approximate surface area is 150 Å². The van der Waals surface area contributed by atoms with Crippen LogP contribution in [0.1, 0.15) is 0 Å². The van der Waals surface area contributed by atoms with Gasteiger partial charge in [-0.3, -0.25) is 0 Å². The van der Waals surface area contributed by atoms with E-state index in [1.807, 2.05) is 24.3 Å². The fourth-order valence-corrected chi connectivity index (χ4v) is 2.54. The molecule has 0 bridgehead atoms. The molecule has 0 aliphatic rings. The molecule has 0 amide bonds. The summed E-state index contributed by atoms with van der Waals surface area (Å²) in [5.41, 5.74) is 8.07. The minimum atomic E-state index is 0.149. The fraction of sp³-hybridized carbons (Fsp3) is 0.111. The Morgan fingerprint density at radius 2 is 1.72 bits per heavy atom. The number of aromatic nitrogens is 2. The Hall–Kier alpha value is -2.99. The van der Waals surface area contributed by atoms with Crippen molar-refractivity contribution in [2.75, 3.05) is 25.3 Å². The second kappa shape index (κ2) is 7.27. The highest BCUT2D eigenvalue weighted by molar-refractivity contribution is 6.31. The number of halogens is 1. The molecule has 0 aliphatic carbocycles. The number of rotatable bonds is 5. The van der Waals surface area contributed by atoms with Crippen LogP contribution in [0, 0.1) is 0 Å². The smallest absolute Gasteiger partial charge is 0.222 e. The van der Waals surface area contributed by atoms with E-state index in [2.05, 4.69) is 15.3 Å². The lowest BCUT2D eigenvalue weighted by Crippen LogP contribution is -2.02. The number of hydrogen-bond acceptors (Lipinski definition) is 6. The topological polar surface area (TPSA) is 82.3 Å². The molecule has 25 heavy (non-hydrogen) atoms. The van der Waals surface area contributed by atoms with Crippen LogP contribution in [0.15, 0.2) is 48.5 Å². The molecule has 0 unspecified atom stereocenters. The third-order valence-electron chi connectivity index (χ3n) is 3.54.